The van der Waals surface area contributed by atoms with Crippen LogP contribution < -0.4 is 5.32 Å². The summed E-state index contributed by atoms with van der Waals surface area (Å²) in [7, 11) is 0. The van der Waals surface area contributed by atoms with Crippen LogP contribution in [-0.2, 0) is 13.0 Å². The lowest BCUT2D eigenvalue weighted by Gasteiger charge is -2.12. The molecule has 0 unspecified atom stereocenters. The van der Waals surface area contributed by atoms with E-state index in [1.54, 1.807) is 11.8 Å². The monoisotopic (exact) mass is 406 g/mol. The first-order valence-corrected chi connectivity index (χ1v) is 11.1. The molecule has 0 spiro atoms. The van der Waals surface area contributed by atoms with Crippen molar-refractivity contribution in [3.05, 3.63) is 59.9 Å². The van der Waals surface area contributed by atoms with Crippen LogP contribution >= 0.6 is 11.8 Å². The number of nitrogens with zero attached hydrogens (tertiary/aromatic N) is 3. The molecule has 1 amide bonds. The molecule has 0 bridgehead atoms. The van der Waals surface area contributed by atoms with Crippen LogP contribution in [0.2, 0.25) is 0 Å². The van der Waals surface area contributed by atoms with E-state index in [0.29, 0.717) is 10.8 Å². The third-order valence-corrected chi connectivity index (χ3v) is 6.06. The smallest absolute Gasteiger partial charge is 0.256 e. The number of amides is 1. The van der Waals surface area contributed by atoms with Gasteiger partial charge >= 0.3 is 0 Å². The lowest BCUT2D eigenvalue weighted by molar-refractivity contribution is 0.102. The number of carbonyl (C=O) groups excluding carboxylic acids is 1. The summed E-state index contributed by atoms with van der Waals surface area (Å²) in [6, 6.07) is 15.6. The summed E-state index contributed by atoms with van der Waals surface area (Å²) in [5.41, 5.74) is 2.45. The Kier molecular flexibility index (Phi) is 6.00. The van der Waals surface area contributed by atoms with Crippen LogP contribution in [0.5, 0.6) is 0 Å². The average molecular weight is 407 g/mol. The van der Waals surface area contributed by atoms with Crippen molar-refractivity contribution >= 4 is 23.4 Å². The van der Waals surface area contributed by atoms with Gasteiger partial charge in [-0.25, -0.2) is 0 Å². The number of hydrogen-bond acceptors (Lipinski definition) is 4. The van der Waals surface area contributed by atoms with Crippen LogP contribution in [-0.4, -0.2) is 25.9 Å². The second kappa shape index (κ2) is 8.82. The summed E-state index contributed by atoms with van der Waals surface area (Å²) < 4.78 is 2.22. The van der Waals surface area contributed by atoms with E-state index in [2.05, 4.69) is 33.9 Å². The molecular weight excluding hydrogens is 380 g/mol. The van der Waals surface area contributed by atoms with Gasteiger partial charge in [-0.05, 0) is 37.1 Å². The van der Waals surface area contributed by atoms with Crippen molar-refractivity contribution in [2.24, 2.45) is 0 Å². The van der Waals surface area contributed by atoms with Crippen LogP contribution in [0, 0.1) is 0 Å². The van der Waals surface area contributed by atoms with Gasteiger partial charge in [0.2, 0.25) is 0 Å². The van der Waals surface area contributed by atoms with E-state index in [1.807, 2.05) is 48.5 Å². The average Bonchev–Trinajstić information content (AvgIpc) is 2.96. The number of benzene rings is 2. The van der Waals surface area contributed by atoms with Gasteiger partial charge in [-0.1, -0.05) is 44.5 Å². The Hall–Kier alpha value is -2.60. The number of anilines is 1. The summed E-state index contributed by atoms with van der Waals surface area (Å²) >= 11 is 1.70. The topological polar surface area (TPSA) is 59.8 Å². The highest BCUT2D eigenvalue weighted by Gasteiger charge is 2.17. The third-order valence-electron chi connectivity index (χ3n) is 4.98. The van der Waals surface area contributed by atoms with E-state index < -0.39 is 0 Å². The molecule has 2 heterocycles. The van der Waals surface area contributed by atoms with Gasteiger partial charge in [0, 0.05) is 34.4 Å². The number of rotatable bonds is 5. The number of fused-ring (bicyclic) bond motifs is 1. The van der Waals surface area contributed by atoms with Gasteiger partial charge in [0.05, 0.1) is 5.56 Å². The molecule has 0 saturated heterocycles. The molecule has 1 aliphatic rings. The Morgan fingerprint density at radius 3 is 2.79 bits per heavy atom. The van der Waals surface area contributed by atoms with E-state index in [9.17, 15) is 4.79 Å². The lowest BCUT2D eigenvalue weighted by Crippen LogP contribution is -2.13. The molecule has 150 valence electrons. The quantitative estimate of drug-likeness (QED) is 0.575. The fraction of sp³-hybridized carbons (Fsp3) is 0.348. The number of carbonyl (C=O) groups is 1. The molecule has 0 saturated carbocycles. The fourth-order valence-corrected chi connectivity index (χ4v) is 4.60. The minimum atomic E-state index is -0.0917. The highest BCUT2D eigenvalue weighted by molar-refractivity contribution is 8.00. The summed E-state index contributed by atoms with van der Waals surface area (Å²) in [5.74, 6) is 1.85. The molecule has 0 atom stereocenters. The molecule has 6 heteroatoms. The van der Waals surface area contributed by atoms with E-state index in [1.165, 1.54) is 12.8 Å². The molecule has 0 aliphatic carbocycles. The van der Waals surface area contributed by atoms with Crippen molar-refractivity contribution in [2.75, 3.05) is 5.32 Å². The van der Waals surface area contributed by atoms with E-state index in [0.717, 1.165) is 47.2 Å². The van der Waals surface area contributed by atoms with Crippen molar-refractivity contribution < 1.29 is 4.79 Å². The summed E-state index contributed by atoms with van der Waals surface area (Å²) in [4.78, 5) is 13.9. The molecule has 3 aromatic rings. The van der Waals surface area contributed by atoms with Gasteiger partial charge in [0.1, 0.15) is 5.82 Å². The lowest BCUT2D eigenvalue weighted by atomic mass is 10.1. The Labute approximate surface area is 175 Å². The molecule has 5 nitrogen and oxygen atoms in total. The van der Waals surface area contributed by atoms with Crippen molar-refractivity contribution in [3.8, 4) is 11.4 Å². The van der Waals surface area contributed by atoms with Gasteiger partial charge < -0.3 is 9.88 Å². The first-order valence-electron chi connectivity index (χ1n) is 10.2. The fourth-order valence-electron chi connectivity index (χ4n) is 3.64. The predicted molar refractivity (Wildman–Crippen MR) is 118 cm³/mol. The van der Waals surface area contributed by atoms with Crippen molar-refractivity contribution in [2.45, 2.75) is 56.2 Å². The van der Waals surface area contributed by atoms with E-state index in [-0.39, 0.29) is 5.91 Å². The zero-order chi connectivity index (χ0) is 20.2. The molecular formula is C23H26N4OS. The maximum Gasteiger partial charge on any atom is 0.256 e. The second-order valence-electron chi connectivity index (χ2n) is 7.60. The number of hydrogen-bond donors (Lipinski definition) is 1. The number of nitrogens with one attached hydrogen (secondary N) is 1. The highest BCUT2D eigenvalue weighted by atomic mass is 32.2. The SMILES string of the molecule is CC(C)Sc1ccccc1C(=O)Nc1cccc(-c2nnc3n2CCCCC3)c1. The first kappa shape index (κ1) is 19.7. The minimum Gasteiger partial charge on any atom is -0.322 e. The summed E-state index contributed by atoms with van der Waals surface area (Å²) in [6.45, 7) is 5.21. The molecule has 0 radical (unpaired) electrons. The van der Waals surface area contributed by atoms with Crippen LogP contribution in [0.4, 0.5) is 5.69 Å². The van der Waals surface area contributed by atoms with Crippen LogP contribution in [0.15, 0.2) is 53.4 Å². The molecule has 2 aromatic carbocycles. The van der Waals surface area contributed by atoms with Crippen molar-refractivity contribution in [1.82, 2.24) is 14.8 Å². The first-order chi connectivity index (χ1) is 14.1. The molecule has 1 aromatic heterocycles. The van der Waals surface area contributed by atoms with Crippen molar-refractivity contribution in [1.29, 1.82) is 0 Å². The standard InChI is InChI=1S/C23H26N4OS/c1-16(2)29-20-12-6-5-11-19(20)23(28)24-18-10-8-9-17(15-18)22-26-25-21-13-4-3-7-14-27(21)22/h5-6,8-12,15-16H,3-4,7,13-14H2,1-2H3,(H,24,28). The van der Waals surface area contributed by atoms with E-state index in [4.69, 9.17) is 0 Å². The Balaban J connectivity index is 1.58. The maximum absolute atomic E-state index is 12.9. The van der Waals surface area contributed by atoms with Crippen LogP contribution in [0.3, 0.4) is 0 Å². The van der Waals surface area contributed by atoms with Crippen LogP contribution in [0.25, 0.3) is 11.4 Å². The summed E-state index contributed by atoms with van der Waals surface area (Å²) in [6.07, 6.45) is 4.53. The maximum atomic E-state index is 12.9. The van der Waals surface area contributed by atoms with Gasteiger partial charge in [0.25, 0.3) is 5.91 Å². The van der Waals surface area contributed by atoms with Gasteiger partial charge in [-0.15, -0.1) is 22.0 Å². The minimum absolute atomic E-state index is 0.0917. The molecule has 29 heavy (non-hydrogen) atoms. The summed E-state index contributed by atoms with van der Waals surface area (Å²) in [5, 5.41) is 12.3. The normalized spacial score (nSPS) is 13.8. The number of aryl methyl sites for hydroxylation is 1. The number of thioether (sulfide) groups is 1. The predicted octanol–water partition coefficient (Wildman–Crippen LogP) is 5.42. The third kappa shape index (κ3) is 4.53. The Morgan fingerprint density at radius 1 is 1.07 bits per heavy atom. The Bertz CT molecular complexity index is 1010. The molecule has 1 aliphatic heterocycles. The molecule has 0 fully saturated rings. The van der Waals surface area contributed by atoms with Gasteiger partial charge in [0.15, 0.2) is 5.82 Å². The van der Waals surface area contributed by atoms with E-state index >= 15 is 0 Å². The van der Waals surface area contributed by atoms with Gasteiger partial charge in [-0.2, -0.15) is 0 Å². The van der Waals surface area contributed by atoms with Crippen LogP contribution in [0.1, 0.15) is 49.3 Å². The zero-order valence-corrected chi connectivity index (χ0v) is 17.7. The zero-order valence-electron chi connectivity index (χ0n) is 16.9. The number of aromatic nitrogens is 3. The highest BCUT2D eigenvalue weighted by Crippen LogP contribution is 2.28. The Morgan fingerprint density at radius 2 is 1.93 bits per heavy atom. The second-order valence-corrected chi connectivity index (χ2v) is 9.22. The van der Waals surface area contributed by atoms with Gasteiger partial charge in [-0.3, -0.25) is 4.79 Å². The largest absolute Gasteiger partial charge is 0.322 e. The molecule has 1 N–H and O–H groups in total. The van der Waals surface area contributed by atoms with Crippen molar-refractivity contribution in [3.63, 3.8) is 0 Å². The molecule has 4 rings (SSSR count).